The van der Waals surface area contributed by atoms with Crippen molar-refractivity contribution in [1.29, 1.82) is 5.26 Å². The molecule has 6 heteroatoms. The topological polar surface area (TPSA) is 79.4 Å². The molecule has 0 saturated carbocycles. The molecule has 2 heterocycles. The molecular weight excluding hydrogens is 262 g/mol. The Kier molecular flexibility index (Phi) is 4.53. The van der Waals surface area contributed by atoms with Crippen molar-refractivity contribution in [2.45, 2.75) is 6.10 Å². The lowest BCUT2D eigenvalue weighted by atomic mass is 10.2. The first-order valence-electron chi connectivity index (χ1n) is 5.84. The highest BCUT2D eigenvalue weighted by Gasteiger charge is 2.25. The molecule has 19 heavy (non-hydrogen) atoms. The van der Waals surface area contributed by atoms with Crippen molar-refractivity contribution in [3.8, 4) is 17.9 Å². The Morgan fingerprint density at radius 1 is 1.63 bits per heavy atom. The van der Waals surface area contributed by atoms with Crippen molar-refractivity contribution < 1.29 is 9.53 Å². The highest BCUT2D eigenvalue weighted by molar-refractivity contribution is 7.14. The Labute approximate surface area is 115 Å². The second-order valence-corrected chi connectivity index (χ2v) is 4.99. The van der Waals surface area contributed by atoms with Crippen LogP contribution in [0.1, 0.15) is 14.5 Å². The number of carbonyl (C=O) groups is 1. The molecule has 1 aliphatic heterocycles. The maximum atomic E-state index is 12.2. The van der Waals surface area contributed by atoms with Gasteiger partial charge in [0, 0.05) is 6.54 Å². The lowest BCUT2D eigenvalue weighted by Gasteiger charge is -2.29. The minimum atomic E-state index is -0.533. The van der Waals surface area contributed by atoms with Crippen molar-refractivity contribution in [2.75, 3.05) is 26.2 Å². The first-order valence-corrected chi connectivity index (χ1v) is 6.65. The van der Waals surface area contributed by atoms with Crippen molar-refractivity contribution in [1.82, 2.24) is 4.90 Å². The van der Waals surface area contributed by atoms with Gasteiger partial charge >= 0.3 is 0 Å². The van der Waals surface area contributed by atoms with Gasteiger partial charge in [0.25, 0.3) is 5.91 Å². The molecule has 1 aromatic heterocycles. The molecule has 0 bridgehead atoms. The number of rotatable bonds is 1. The molecule has 0 radical (unpaired) electrons. The van der Waals surface area contributed by atoms with E-state index in [1.54, 1.807) is 11.0 Å². The second-order valence-electron chi connectivity index (χ2n) is 3.91. The van der Waals surface area contributed by atoms with E-state index in [0.717, 1.165) is 4.88 Å². The van der Waals surface area contributed by atoms with E-state index in [0.29, 0.717) is 31.1 Å². The fraction of sp³-hybridized carbons (Fsp3) is 0.385. The third-order valence-electron chi connectivity index (χ3n) is 2.63. The van der Waals surface area contributed by atoms with E-state index in [4.69, 9.17) is 15.7 Å². The molecule has 1 aromatic rings. The number of morpholine rings is 1. The zero-order valence-corrected chi connectivity index (χ0v) is 11.1. The van der Waals surface area contributed by atoms with Crippen LogP contribution in [0.2, 0.25) is 0 Å². The minimum absolute atomic E-state index is 0.0747. The molecule has 1 atom stereocenters. The van der Waals surface area contributed by atoms with Gasteiger partial charge in [-0.3, -0.25) is 4.79 Å². The molecule has 1 saturated heterocycles. The smallest absolute Gasteiger partial charge is 0.264 e. The summed E-state index contributed by atoms with van der Waals surface area (Å²) in [6.45, 7) is 1.53. The van der Waals surface area contributed by atoms with Gasteiger partial charge in [0.05, 0.1) is 35.5 Å². The predicted molar refractivity (Wildman–Crippen MR) is 71.5 cm³/mol. The number of ether oxygens (including phenoxy) is 1. The zero-order valence-electron chi connectivity index (χ0n) is 10.3. The molecule has 1 unspecified atom stereocenters. The lowest BCUT2D eigenvalue weighted by Crippen LogP contribution is -2.44. The number of carbonyl (C=O) groups excluding carboxylic acids is 1. The second kappa shape index (κ2) is 6.35. The summed E-state index contributed by atoms with van der Waals surface area (Å²) in [5.41, 5.74) is 5.30. The van der Waals surface area contributed by atoms with Crippen LogP contribution in [0.15, 0.2) is 12.1 Å². The third kappa shape index (κ3) is 3.33. The van der Waals surface area contributed by atoms with E-state index in [1.807, 2.05) is 12.1 Å². The highest BCUT2D eigenvalue weighted by atomic mass is 32.1. The number of hydrogen-bond acceptors (Lipinski definition) is 5. The molecule has 0 aromatic carbocycles. The number of hydrogen-bond donors (Lipinski definition) is 1. The number of amides is 1. The van der Waals surface area contributed by atoms with E-state index < -0.39 is 6.10 Å². The molecule has 1 fully saturated rings. The average molecular weight is 275 g/mol. The Morgan fingerprint density at radius 2 is 2.47 bits per heavy atom. The Balaban J connectivity index is 2.07. The van der Waals surface area contributed by atoms with Crippen LogP contribution < -0.4 is 5.73 Å². The van der Waals surface area contributed by atoms with Gasteiger partial charge < -0.3 is 15.4 Å². The minimum Gasteiger partial charge on any atom is -0.360 e. The quantitative estimate of drug-likeness (QED) is 0.753. The van der Waals surface area contributed by atoms with Crippen LogP contribution >= 0.6 is 11.3 Å². The maximum Gasteiger partial charge on any atom is 0.264 e. The number of nitriles is 1. The van der Waals surface area contributed by atoms with Gasteiger partial charge in [-0.05, 0) is 12.1 Å². The van der Waals surface area contributed by atoms with E-state index in [2.05, 4.69) is 11.8 Å². The molecule has 2 N–H and O–H groups in total. The largest absolute Gasteiger partial charge is 0.360 e. The summed E-state index contributed by atoms with van der Waals surface area (Å²) in [5, 5.41) is 8.82. The van der Waals surface area contributed by atoms with Gasteiger partial charge in [0.1, 0.15) is 0 Å². The lowest BCUT2D eigenvalue weighted by molar-refractivity contribution is 0.00369. The molecule has 2 rings (SSSR count). The van der Waals surface area contributed by atoms with Crippen LogP contribution in [0.3, 0.4) is 0 Å². The molecule has 5 nitrogen and oxygen atoms in total. The summed E-state index contributed by atoms with van der Waals surface area (Å²) >= 11 is 1.34. The molecule has 98 valence electrons. The van der Waals surface area contributed by atoms with E-state index >= 15 is 0 Å². The predicted octanol–water partition coefficient (Wildman–Crippen LogP) is 0.423. The van der Waals surface area contributed by atoms with Gasteiger partial charge in [-0.25, -0.2) is 0 Å². The van der Waals surface area contributed by atoms with Gasteiger partial charge in [-0.15, -0.1) is 11.3 Å². The molecule has 0 aliphatic carbocycles. The molecule has 1 aliphatic rings. The van der Waals surface area contributed by atoms with Crippen molar-refractivity contribution in [3.05, 3.63) is 21.9 Å². The SMILES string of the molecule is N#CC1CN(C(=O)c2ccc(C#CCN)s2)CCO1. The Morgan fingerprint density at radius 3 is 3.21 bits per heavy atom. The highest BCUT2D eigenvalue weighted by Crippen LogP contribution is 2.19. The zero-order chi connectivity index (χ0) is 13.7. The Bertz CT molecular complexity index is 564. The van der Waals surface area contributed by atoms with Crippen LogP contribution in [-0.2, 0) is 4.74 Å². The first kappa shape index (κ1) is 13.6. The molecular formula is C13H13N3O2S. The van der Waals surface area contributed by atoms with Crippen molar-refractivity contribution >= 4 is 17.2 Å². The fourth-order valence-electron chi connectivity index (χ4n) is 1.73. The standard InChI is InChI=1S/C13H13N3O2S/c14-5-1-2-11-3-4-12(19-11)13(17)16-6-7-18-10(8-15)9-16/h3-4,10H,5-7,9,14H2. The van der Waals surface area contributed by atoms with Gasteiger partial charge in [-0.2, -0.15) is 5.26 Å². The number of thiophene rings is 1. The third-order valence-corrected chi connectivity index (χ3v) is 3.62. The van der Waals surface area contributed by atoms with Crippen LogP contribution in [-0.4, -0.2) is 43.2 Å². The summed E-state index contributed by atoms with van der Waals surface area (Å²) in [5.74, 6) is 5.58. The summed E-state index contributed by atoms with van der Waals surface area (Å²) in [6.07, 6.45) is -0.533. The molecule has 0 spiro atoms. The summed E-state index contributed by atoms with van der Waals surface area (Å²) < 4.78 is 5.21. The van der Waals surface area contributed by atoms with Gasteiger partial charge in [0.15, 0.2) is 6.10 Å². The first-order chi connectivity index (χ1) is 9.24. The van der Waals surface area contributed by atoms with Crippen LogP contribution in [0.25, 0.3) is 0 Å². The van der Waals surface area contributed by atoms with E-state index in [-0.39, 0.29) is 5.91 Å². The van der Waals surface area contributed by atoms with Gasteiger partial charge in [-0.1, -0.05) is 11.8 Å². The van der Waals surface area contributed by atoms with E-state index in [9.17, 15) is 4.79 Å². The number of nitrogens with zero attached hydrogens (tertiary/aromatic N) is 2. The fourth-order valence-corrected chi connectivity index (χ4v) is 2.57. The van der Waals surface area contributed by atoms with Crippen LogP contribution in [0, 0.1) is 23.2 Å². The van der Waals surface area contributed by atoms with Crippen molar-refractivity contribution in [2.24, 2.45) is 5.73 Å². The normalized spacial score (nSPS) is 18.3. The summed E-state index contributed by atoms with van der Waals surface area (Å²) in [4.78, 5) is 15.3. The van der Waals surface area contributed by atoms with Crippen LogP contribution in [0.4, 0.5) is 0 Å². The van der Waals surface area contributed by atoms with Crippen molar-refractivity contribution in [3.63, 3.8) is 0 Å². The van der Waals surface area contributed by atoms with Gasteiger partial charge in [0.2, 0.25) is 0 Å². The Hall–Kier alpha value is -1.86. The average Bonchev–Trinajstić information content (AvgIpc) is 2.93. The number of nitrogens with two attached hydrogens (primary N) is 1. The summed E-state index contributed by atoms with van der Waals surface area (Å²) in [7, 11) is 0. The van der Waals surface area contributed by atoms with Crippen LogP contribution in [0.5, 0.6) is 0 Å². The summed E-state index contributed by atoms with van der Waals surface area (Å²) in [6, 6.07) is 5.59. The molecule has 1 amide bonds. The van der Waals surface area contributed by atoms with E-state index in [1.165, 1.54) is 11.3 Å². The monoisotopic (exact) mass is 275 g/mol. The maximum absolute atomic E-state index is 12.2.